The largest absolute Gasteiger partial charge is 0.465 e. The van der Waals surface area contributed by atoms with Crippen molar-refractivity contribution in [3.63, 3.8) is 0 Å². The lowest BCUT2D eigenvalue weighted by atomic mass is 9.99. The molecule has 0 aliphatic heterocycles. The Balaban J connectivity index is 1.87. The molecule has 0 atom stereocenters. The first-order valence-corrected chi connectivity index (χ1v) is 11.0. The van der Waals surface area contributed by atoms with Gasteiger partial charge in [-0.1, -0.05) is 18.2 Å². The Morgan fingerprint density at radius 2 is 1.55 bits per heavy atom. The number of nitrogens with zero attached hydrogens (tertiary/aromatic N) is 2. The van der Waals surface area contributed by atoms with Crippen molar-refractivity contribution in [3.05, 3.63) is 69.9 Å². The zero-order valence-electron chi connectivity index (χ0n) is 19.0. The monoisotopic (exact) mass is 461 g/mol. The molecule has 4 aromatic rings. The maximum Gasteiger partial charge on any atom is 0.337 e. The fourth-order valence-corrected chi connectivity index (χ4v) is 4.70. The molecule has 0 aliphatic rings. The van der Waals surface area contributed by atoms with Crippen LogP contribution < -0.4 is 5.32 Å². The number of hydrogen-bond acceptors (Lipinski definition) is 8. The average Bonchev–Trinajstić information content (AvgIpc) is 3.16. The fourth-order valence-electron chi connectivity index (χ4n) is 3.69. The molecule has 0 aliphatic carbocycles. The molecule has 0 saturated carbocycles. The van der Waals surface area contributed by atoms with E-state index in [1.807, 2.05) is 0 Å². The van der Waals surface area contributed by atoms with Crippen LogP contribution in [0.15, 0.2) is 42.7 Å². The number of esters is 2. The van der Waals surface area contributed by atoms with E-state index in [9.17, 15) is 9.59 Å². The molecular weight excluding hydrogens is 438 g/mol. The van der Waals surface area contributed by atoms with E-state index < -0.39 is 11.9 Å². The molecule has 168 valence electrons. The van der Waals surface area contributed by atoms with Gasteiger partial charge < -0.3 is 14.8 Å². The van der Waals surface area contributed by atoms with Crippen molar-refractivity contribution >= 4 is 45.0 Å². The summed E-state index contributed by atoms with van der Waals surface area (Å²) in [5.41, 5.74) is 5.52. The van der Waals surface area contributed by atoms with E-state index in [0.29, 0.717) is 11.5 Å². The number of methoxy groups -OCH3 is 2. The van der Waals surface area contributed by atoms with Gasteiger partial charge in [-0.15, -0.1) is 11.3 Å². The minimum Gasteiger partial charge on any atom is -0.465 e. The predicted molar refractivity (Wildman–Crippen MR) is 129 cm³/mol. The Morgan fingerprint density at radius 1 is 0.879 bits per heavy atom. The van der Waals surface area contributed by atoms with E-state index in [1.165, 1.54) is 37.7 Å². The summed E-state index contributed by atoms with van der Waals surface area (Å²) in [5.74, 6) is -0.534. The quantitative estimate of drug-likeness (QED) is 0.387. The number of carbonyl (C=O) groups excluding carboxylic acids is 2. The minimum atomic E-state index is -0.557. The zero-order valence-corrected chi connectivity index (χ0v) is 19.8. The molecule has 2 heterocycles. The summed E-state index contributed by atoms with van der Waals surface area (Å²) in [4.78, 5) is 35.3. The van der Waals surface area contributed by atoms with Crippen molar-refractivity contribution in [3.8, 4) is 11.1 Å². The molecule has 0 saturated heterocycles. The van der Waals surface area contributed by atoms with E-state index in [4.69, 9.17) is 9.47 Å². The van der Waals surface area contributed by atoms with Crippen LogP contribution in [0.25, 0.3) is 21.3 Å². The highest BCUT2D eigenvalue weighted by molar-refractivity contribution is 7.19. The first-order valence-electron chi connectivity index (χ1n) is 10.2. The number of ether oxygens (including phenoxy) is 2. The Hall–Kier alpha value is -3.78. The Morgan fingerprint density at radius 3 is 2.15 bits per heavy atom. The number of aryl methyl sites for hydroxylation is 3. The van der Waals surface area contributed by atoms with Crippen molar-refractivity contribution in [1.82, 2.24) is 9.97 Å². The van der Waals surface area contributed by atoms with Gasteiger partial charge in [0.2, 0.25) is 0 Å². The summed E-state index contributed by atoms with van der Waals surface area (Å²) in [6.45, 7) is 6.24. The van der Waals surface area contributed by atoms with Crippen LogP contribution in [0.4, 0.5) is 11.5 Å². The van der Waals surface area contributed by atoms with Crippen LogP contribution in [0.5, 0.6) is 0 Å². The normalized spacial score (nSPS) is 10.8. The molecule has 2 aromatic carbocycles. The van der Waals surface area contributed by atoms with Crippen molar-refractivity contribution in [2.45, 2.75) is 20.8 Å². The molecule has 33 heavy (non-hydrogen) atoms. The molecule has 0 bridgehead atoms. The second-order valence-corrected chi connectivity index (χ2v) is 8.85. The van der Waals surface area contributed by atoms with Gasteiger partial charge >= 0.3 is 11.9 Å². The number of benzene rings is 2. The van der Waals surface area contributed by atoms with Gasteiger partial charge in [0.1, 0.15) is 17.0 Å². The third kappa shape index (κ3) is 4.29. The summed E-state index contributed by atoms with van der Waals surface area (Å²) in [6, 6.07) is 11.0. The second kappa shape index (κ2) is 8.99. The van der Waals surface area contributed by atoms with E-state index >= 15 is 0 Å². The molecular formula is C25H23N3O4S. The summed E-state index contributed by atoms with van der Waals surface area (Å²) in [6.07, 6.45) is 1.50. The number of aromatic nitrogens is 2. The molecule has 4 rings (SSSR count). The van der Waals surface area contributed by atoms with Gasteiger partial charge in [-0.25, -0.2) is 19.6 Å². The number of fused-ring (bicyclic) bond motifs is 1. The summed E-state index contributed by atoms with van der Waals surface area (Å²) in [7, 11) is 2.58. The molecule has 7 nitrogen and oxygen atoms in total. The second-order valence-electron chi connectivity index (χ2n) is 7.64. The molecule has 0 spiro atoms. The maximum absolute atomic E-state index is 12.2. The summed E-state index contributed by atoms with van der Waals surface area (Å²) in [5, 5.41) is 4.16. The molecule has 1 N–H and O–H groups in total. The minimum absolute atomic E-state index is 0.226. The van der Waals surface area contributed by atoms with Crippen LogP contribution in [0, 0.1) is 20.8 Å². The molecule has 0 radical (unpaired) electrons. The van der Waals surface area contributed by atoms with Gasteiger partial charge in [0.05, 0.1) is 30.7 Å². The van der Waals surface area contributed by atoms with Crippen LogP contribution in [-0.2, 0) is 9.47 Å². The first-order chi connectivity index (χ1) is 15.8. The van der Waals surface area contributed by atoms with Crippen molar-refractivity contribution in [2.75, 3.05) is 19.5 Å². The van der Waals surface area contributed by atoms with E-state index in [1.54, 1.807) is 23.5 Å². The number of nitrogens with one attached hydrogen (secondary N) is 1. The number of anilines is 2. The zero-order chi connectivity index (χ0) is 23.7. The van der Waals surface area contributed by atoms with E-state index in [2.05, 4.69) is 54.3 Å². The number of thiophene rings is 1. The van der Waals surface area contributed by atoms with Crippen molar-refractivity contribution in [2.24, 2.45) is 0 Å². The van der Waals surface area contributed by atoms with Crippen molar-refractivity contribution in [1.29, 1.82) is 0 Å². The van der Waals surface area contributed by atoms with Gasteiger partial charge in [0, 0.05) is 16.1 Å². The van der Waals surface area contributed by atoms with Crippen LogP contribution in [0.2, 0.25) is 0 Å². The fraction of sp³-hybridized carbons (Fsp3) is 0.200. The highest BCUT2D eigenvalue weighted by Gasteiger charge is 2.19. The van der Waals surface area contributed by atoms with Gasteiger partial charge in [0.25, 0.3) is 0 Å². The number of hydrogen-bond donors (Lipinski definition) is 1. The van der Waals surface area contributed by atoms with Gasteiger partial charge in [-0.3, -0.25) is 0 Å². The van der Waals surface area contributed by atoms with Gasteiger partial charge in [-0.2, -0.15) is 0 Å². The smallest absolute Gasteiger partial charge is 0.337 e. The lowest BCUT2D eigenvalue weighted by Gasteiger charge is -2.12. The average molecular weight is 462 g/mol. The van der Waals surface area contributed by atoms with Crippen LogP contribution >= 0.6 is 11.3 Å². The third-order valence-electron chi connectivity index (χ3n) is 5.50. The first kappa shape index (κ1) is 22.4. The lowest BCUT2D eigenvalue weighted by Crippen LogP contribution is -2.08. The Bertz CT molecular complexity index is 1360. The van der Waals surface area contributed by atoms with Crippen molar-refractivity contribution < 1.29 is 19.1 Å². The third-order valence-corrected chi connectivity index (χ3v) is 6.51. The maximum atomic E-state index is 12.2. The summed E-state index contributed by atoms with van der Waals surface area (Å²) < 4.78 is 9.68. The SMILES string of the molecule is COC(=O)c1cc(Nc2ncnc3sc(C)c(-c4ccc(C)c(C)c4)c23)cc(C(=O)OC)c1. The van der Waals surface area contributed by atoms with E-state index in [0.717, 1.165) is 26.2 Å². The van der Waals surface area contributed by atoms with Gasteiger partial charge in [0.15, 0.2) is 0 Å². The number of rotatable bonds is 5. The highest BCUT2D eigenvalue weighted by atomic mass is 32.1. The molecule has 8 heteroatoms. The molecule has 0 fully saturated rings. The summed E-state index contributed by atoms with van der Waals surface area (Å²) >= 11 is 1.59. The molecule has 0 amide bonds. The van der Waals surface area contributed by atoms with E-state index in [-0.39, 0.29) is 11.1 Å². The standard InChI is InChI=1S/C25H23N3O4S/c1-13-6-7-16(8-14(13)2)20-15(3)33-23-21(20)22(26-12-27-23)28-19-10-17(24(29)31-4)9-18(11-19)25(30)32-5/h6-12H,1-5H3,(H,26,27,28). The van der Waals surface area contributed by atoms with Crippen LogP contribution in [0.1, 0.15) is 36.7 Å². The lowest BCUT2D eigenvalue weighted by molar-refractivity contribution is 0.0599. The van der Waals surface area contributed by atoms with Crippen LogP contribution in [-0.4, -0.2) is 36.1 Å². The van der Waals surface area contributed by atoms with Gasteiger partial charge in [-0.05, 0) is 55.7 Å². The predicted octanol–water partition coefficient (Wildman–Crippen LogP) is 5.60. The topological polar surface area (TPSA) is 90.4 Å². The van der Waals surface area contributed by atoms with Crippen LogP contribution in [0.3, 0.4) is 0 Å². The Kier molecular flexibility index (Phi) is 6.11. The Labute approximate surface area is 195 Å². The number of carbonyl (C=O) groups is 2. The highest BCUT2D eigenvalue weighted by Crippen LogP contribution is 2.41. The molecule has 2 aromatic heterocycles. The molecule has 0 unspecified atom stereocenters.